The molecule has 2 aromatic heterocycles. The van der Waals surface area contributed by atoms with Crippen molar-refractivity contribution in [3.8, 4) is 0 Å². The van der Waals surface area contributed by atoms with E-state index in [4.69, 9.17) is 23.2 Å². The average molecular weight is 448 g/mol. The number of halogens is 3. The standard InChI is InChI=1S/C19H16Cl2FN7O/c1-2-14(30)29-6-5-10(8-29)26-19-23-7-13-17(28-19)18(25-9-24-13)27-12-4-3-11(20)15(21)16(12)22/h2-4,7,9-10H,1,5-6,8H2,(H,23,26,28)(H,24,25,27). The number of carbonyl (C=O) groups is 1. The molecule has 8 nitrogen and oxygen atoms in total. The van der Waals surface area contributed by atoms with Crippen molar-refractivity contribution < 1.29 is 9.18 Å². The van der Waals surface area contributed by atoms with Crippen LogP contribution in [0, 0.1) is 5.82 Å². The summed E-state index contributed by atoms with van der Waals surface area (Å²) in [5, 5.41) is 6.03. The Morgan fingerprint density at radius 1 is 1.30 bits per heavy atom. The summed E-state index contributed by atoms with van der Waals surface area (Å²) in [6, 6.07) is 2.94. The Bertz CT molecular complexity index is 1140. The minimum atomic E-state index is -0.693. The summed E-state index contributed by atoms with van der Waals surface area (Å²) in [4.78, 5) is 30.5. The first kappa shape index (κ1) is 20.2. The van der Waals surface area contributed by atoms with Crippen molar-refractivity contribution in [1.82, 2.24) is 24.8 Å². The zero-order valence-electron chi connectivity index (χ0n) is 15.6. The number of rotatable bonds is 5. The van der Waals surface area contributed by atoms with Gasteiger partial charge in [0.05, 0.1) is 21.9 Å². The Labute approximate surface area is 181 Å². The lowest BCUT2D eigenvalue weighted by atomic mass is 10.3. The molecule has 0 spiro atoms. The Kier molecular flexibility index (Phi) is 5.65. The van der Waals surface area contributed by atoms with Crippen molar-refractivity contribution in [2.24, 2.45) is 0 Å². The van der Waals surface area contributed by atoms with Gasteiger partial charge in [-0.1, -0.05) is 29.8 Å². The lowest BCUT2D eigenvalue weighted by Crippen LogP contribution is -2.30. The molecule has 3 aromatic rings. The van der Waals surface area contributed by atoms with E-state index in [2.05, 4.69) is 37.1 Å². The predicted octanol–water partition coefficient (Wildman–Crippen LogP) is 3.81. The zero-order valence-corrected chi connectivity index (χ0v) is 17.1. The smallest absolute Gasteiger partial charge is 0.246 e. The summed E-state index contributed by atoms with van der Waals surface area (Å²) < 4.78 is 14.4. The molecule has 1 aliphatic rings. The van der Waals surface area contributed by atoms with Gasteiger partial charge in [0.2, 0.25) is 11.9 Å². The van der Waals surface area contributed by atoms with Crippen LogP contribution in [0.3, 0.4) is 0 Å². The van der Waals surface area contributed by atoms with Crippen LogP contribution in [0.1, 0.15) is 6.42 Å². The minimum Gasteiger partial charge on any atom is -0.350 e. The van der Waals surface area contributed by atoms with Crippen LogP contribution in [-0.4, -0.2) is 49.9 Å². The van der Waals surface area contributed by atoms with E-state index in [0.29, 0.717) is 30.1 Å². The van der Waals surface area contributed by atoms with Gasteiger partial charge in [-0.3, -0.25) is 4.79 Å². The van der Waals surface area contributed by atoms with Crippen LogP contribution in [0.5, 0.6) is 0 Å². The van der Waals surface area contributed by atoms with Gasteiger partial charge in [-0.05, 0) is 24.6 Å². The number of hydrogen-bond donors (Lipinski definition) is 2. The van der Waals surface area contributed by atoms with E-state index in [1.165, 1.54) is 24.5 Å². The fraction of sp³-hybridized carbons (Fsp3) is 0.211. The third-order valence-corrected chi connectivity index (χ3v) is 5.45. The Balaban J connectivity index is 1.59. The zero-order chi connectivity index (χ0) is 21.3. The molecule has 1 amide bonds. The molecule has 30 heavy (non-hydrogen) atoms. The first-order chi connectivity index (χ1) is 14.5. The van der Waals surface area contributed by atoms with Gasteiger partial charge in [0, 0.05) is 19.1 Å². The summed E-state index contributed by atoms with van der Waals surface area (Å²) in [5.41, 5.74) is 0.984. The highest BCUT2D eigenvalue weighted by Gasteiger charge is 2.25. The average Bonchev–Trinajstić information content (AvgIpc) is 3.22. The molecule has 3 heterocycles. The van der Waals surface area contributed by atoms with Crippen LogP contribution in [-0.2, 0) is 4.79 Å². The lowest BCUT2D eigenvalue weighted by Gasteiger charge is -2.15. The Hall–Kier alpha value is -3.04. The number of likely N-dealkylation sites (tertiary alicyclic amines) is 1. The van der Waals surface area contributed by atoms with Crippen molar-refractivity contribution in [1.29, 1.82) is 0 Å². The number of nitrogens with zero attached hydrogens (tertiary/aromatic N) is 5. The molecule has 1 aromatic carbocycles. The SMILES string of the molecule is C=CC(=O)N1CCC(Nc2ncc3ncnc(Nc4ccc(Cl)c(Cl)c4F)c3n2)C1. The van der Waals surface area contributed by atoms with E-state index in [1.807, 2.05) is 0 Å². The van der Waals surface area contributed by atoms with Gasteiger partial charge < -0.3 is 15.5 Å². The largest absolute Gasteiger partial charge is 0.350 e. The van der Waals surface area contributed by atoms with E-state index >= 15 is 0 Å². The van der Waals surface area contributed by atoms with E-state index in [-0.39, 0.29) is 33.5 Å². The predicted molar refractivity (Wildman–Crippen MR) is 114 cm³/mol. The van der Waals surface area contributed by atoms with Gasteiger partial charge >= 0.3 is 0 Å². The Morgan fingerprint density at radius 3 is 2.93 bits per heavy atom. The van der Waals surface area contributed by atoms with Crippen molar-refractivity contribution >= 4 is 57.6 Å². The summed E-state index contributed by atoms with van der Waals surface area (Å²) in [5.74, 6) is -0.158. The van der Waals surface area contributed by atoms with Gasteiger partial charge in [-0.25, -0.2) is 24.3 Å². The maximum absolute atomic E-state index is 14.4. The second-order valence-corrected chi connectivity index (χ2v) is 7.40. The van der Waals surface area contributed by atoms with Gasteiger partial charge in [0.1, 0.15) is 17.4 Å². The highest BCUT2D eigenvalue weighted by molar-refractivity contribution is 6.42. The fourth-order valence-electron chi connectivity index (χ4n) is 3.16. The number of amides is 1. The first-order valence-corrected chi connectivity index (χ1v) is 9.78. The van der Waals surface area contributed by atoms with Crippen LogP contribution in [0.15, 0.2) is 37.3 Å². The van der Waals surface area contributed by atoms with Crippen LogP contribution >= 0.6 is 23.2 Å². The highest BCUT2D eigenvalue weighted by Crippen LogP contribution is 2.32. The fourth-order valence-corrected chi connectivity index (χ4v) is 3.47. The van der Waals surface area contributed by atoms with Crippen molar-refractivity contribution in [2.75, 3.05) is 23.7 Å². The molecule has 11 heteroatoms. The summed E-state index contributed by atoms with van der Waals surface area (Å²) in [6.45, 7) is 4.66. The molecule has 1 atom stereocenters. The molecule has 1 aliphatic heterocycles. The number of hydrogen-bond acceptors (Lipinski definition) is 7. The summed E-state index contributed by atoms with van der Waals surface area (Å²) in [7, 11) is 0. The maximum Gasteiger partial charge on any atom is 0.246 e. The summed E-state index contributed by atoms with van der Waals surface area (Å²) in [6.07, 6.45) is 4.93. The van der Waals surface area contributed by atoms with Crippen molar-refractivity contribution in [3.63, 3.8) is 0 Å². The van der Waals surface area contributed by atoms with Gasteiger partial charge in [0.25, 0.3) is 0 Å². The molecule has 0 aliphatic carbocycles. The lowest BCUT2D eigenvalue weighted by molar-refractivity contribution is -0.125. The number of aromatic nitrogens is 4. The van der Waals surface area contributed by atoms with Gasteiger partial charge in [-0.15, -0.1) is 0 Å². The molecular weight excluding hydrogens is 432 g/mol. The van der Waals surface area contributed by atoms with E-state index < -0.39 is 5.82 Å². The maximum atomic E-state index is 14.4. The Morgan fingerprint density at radius 2 is 2.13 bits per heavy atom. The van der Waals surface area contributed by atoms with Crippen molar-refractivity contribution in [2.45, 2.75) is 12.5 Å². The second kappa shape index (κ2) is 8.37. The summed E-state index contributed by atoms with van der Waals surface area (Å²) >= 11 is 11.7. The molecule has 0 bridgehead atoms. The topological polar surface area (TPSA) is 95.9 Å². The van der Waals surface area contributed by atoms with Gasteiger partial charge in [0.15, 0.2) is 11.6 Å². The molecule has 2 N–H and O–H groups in total. The monoisotopic (exact) mass is 447 g/mol. The minimum absolute atomic E-state index is 0.0000870. The third kappa shape index (κ3) is 3.99. The van der Waals surface area contributed by atoms with Crippen LogP contribution in [0.4, 0.5) is 21.8 Å². The number of nitrogens with one attached hydrogen (secondary N) is 2. The normalized spacial score (nSPS) is 16.0. The molecule has 154 valence electrons. The number of carbonyl (C=O) groups excluding carboxylic acids is 1. The molecular formula is C19H16Cl2FN7O. The molecule has 0 radical (unpaired) electrons. The number of anilines is 3. The van der Waals surface area contributed by atoms with Gasteiger partial charge in [-0.2, -0.15) is 0 Å². The van der Waals surface area contributed by atoms with Crippen LogP contribution in [0.2, 0.25) is 10.0 Å². The van der Waals surface area contributed by atoms with E-state index in [1.54, 1.807) is 11.1 Å². The van der Waals surface area contributed by atoms with Crippen LogP contribution < -0.4 is 10.6 Å². The quantitative estimate of drug-likeness (QED) is 0.453. The number of fused-ring (bicyclic) bond motifs is 1. The third-order valence-electron chi connectivity index (χ3n) is 4.67. The molecule has 1 unspecified atom stereocenters. The van der Waals surface area contributed by atoms with E-state index in [9.17, 15) is 9.18 Å². The van der Waals surface area contributed by atoms with Crippen molar-refractivity contribution in [3.05, 3.63) is 53.2 Å². The first-order valence-electron chi connectivity index (χ1n) is 9.02. The second-order valence-electron chi connectivity index (χ2n) is 6.62. The molecule has 1 saturated heterocycles. The van der Waals surface area contributed by atoms with Crippen LogP contribution in [0.25, 0.3) is 11.0 Å². The molecule has 0 saturated carbocycles. The highest BCUT2D eigenvalue weighted by atomic mass is 35.5. The molecule has 4 rings (SSSR count). The number of benzene rings is 1. The molecule has 1 fully saturated rings. The van der Waals surface area contributed by atoms with E-state index in [0.717, 1.165) is 6.42 Å².